The van der Waals surface area contributed by atoms with Gasteiger partial charge in [0.1, 0.15) is 0 Å². The second kappa shape index (κ2) is 8.02. The molecule has 0 atom stereocenters. The average Bonchev–Trinajstić information content (AvgIpc) is 2.46. The third-order valence-electron chi connectivity index (χ3n) is 2.85. The fraction of sp³-hybridized carbons (Fsp3) is 0.400. The van der Waals surface area contributed by atoms with Gasteiger partial charge in [-0.05, 0) is 25.1 Å². The number of anilines is 1. The second-order valence-electron chi connectivity index (χ2n) is 4.88. The van der Waals surface area contributed by atoms with Crippen LogP contribution in [0.15, 0.2) is 24.3 Å². The summed E-state index contributed by atoms with van der Waals surface area (Å²) in [6, 6.07) is 6.46. The van der Waals surface area contributed by atoms with E-state index < -0.39 is 6.09 Å². The highest BCUT2D eigenvalue weighted by molar-refractivity contribution is 5.97. The van der Waals surface area contributed by atoms with E-state index in [4.69, 9.17) is 4.74 Å². The number of hydrogen-bond acceptors (Lipinski definition) is 4. The van der Waals surface area contributed by atoms with E-state index in [0.717, 1.165) is 0 Å². The van der Waals surface area contributed by atoms with Crippen LogP contribution < -0.4 is 5.32 Å². The number of carbonyl (C=O) groups excluding carboxylic acids is 3. The van der Waals surface area contributed by atoms with Gasteiger partial charge in [-0.2, -0.15) is 0 Å². The van der Waals surface area contributed by atoms with Crippen molar-refractivity contribution in [2.75, 3.05) is 39.6 Å². The predicted octanol–water partition coefficient (Wildman–Crippen LogP) is 1.42. The van der Waals surface area contributed by atoms with Crippen LogP contribution in [0.1, 0.15) is 17.3 Å². The standard InChI is InChI=1S/C15H21N3O4/c1-5-22-15(21)16-12-8-6-7-11(9-12)14(20)18(4)10-13(19)17(2)3/h6-9H,5,10H2,1-4H3,(H,16,21). The first-order valence-corrected chi connectivity index (χ1v) is 6.84. The molecule has 0 spiro atoms. The lowest BCUT2D eigenvalue weighted by Crippen LogP contribution is -2.37. The SMILES string of the molecule is CCOC(=O)Nc1cccc(C(=O)N(C)CC(=O)N(C)C)c1. The van der Waals surface area contributed by atoms with E-state index in [9.17, 15) is 14.4 Å². The molecule has 0 heterocycles. The molecule has 0 saturated carbocycles. The van der Waals surface area contributed by atoms with Crippen LogP contribution in [-0.2, 0) is 9.53 Å². The normalized spacial score (nSPS) is 9.82. The molecule has 1 N–H and O–H groups in total. The van der Waals surface area contributed by atoms with Crippen molar-refractivity contribution in [1.29, 1.82) is 0 Å². The van der Waals surface area contributed by atoms with E-state index in [1.54, 1.807) is 46.3 Å². The summed E-state index contributed by atoms with van der Waals surface area (Å²) < 4.78 is 4.78. The zero-order valence-electron chi connectivity index (χ0n) is 13.3. The molecule has 0 radical (unpaired) electrons. The van der Waals surface area contributed by atoms with Gasteiger partial charge in [0.25, 0.3) is 5.91 Å². The predicted molar refractivity (Wildman–Crippen MR) is 82.7 cm³/mol. The Labute approximate surface area is 129 Å². The zero-order valence-corrected chi connectivity index (χ0v) is 13.3. The molecular weight excluding hydrogens is 286 g/mol. The lowest BCUT2D eigenvalue weighted by Gasteiger charge is -2.19. The highest BCUT2D eigenvalue weighted by atomic mass is 16.5. The molecule has 1 rings (SSSR count). The summed E-state index contributed by atoms with van der Waals surface area (Å²) >= 11 is 0. The molecule has 7 nitrogen and oxygen atoms in total. The van der Waals surface area contributed by atoms with Crippen LogP contribution in [0.25, 0.3) is 0 Å². The minimum atomic E-state index is -0.580. The topological polar surface area (TPSA) is 79.0 Å². The van der Waals surface area contributed by atoms with Crippen molar-refractivity contribution >= 4 is 23.6 Å². The van der Waals surface area contributed by atoms with Crippen molar-refractivity contribution in [2.45, 2.75) is 6.92 Å². The average molecular weight is 307 g/mol. The van der Waals surface area contributed by atoms with Crippen LogP contribution in [-0.4, -0.2) is 62.0 Å². The fourth-order valence-electron chi connectivity index (χ4n) is 1.65. The number of hydrogen-bond donors (Lipinski definition) is 1. The Hall–Kier alpha value is -2.57. The van der Waals surface area contributed by atoms with Crippen molar-refractivity contribution in [3.8, 4) is 0 Å². The van der Waals surface area contributed by atoms with Gasteiger partial charge in [0.2, 0.25) is 5.91 Å². The van der Waals surface area contributed by atoms with Gasteiger partial charge < -0.3 is 14.5 Å². The van der Waals surface area contributed by atoms with E-state index in [-0.39, 0.29) is 25.0 Å². The maximum atomic E-state index is 12.3. The molecule has 3 amide bonds. The lowest BCUT2D eigenvalue weighted by molar-refractivity contribution is -0.129. The molecule has 7 heteroatoms. The van der Waals surface area contributed by atoms with Gasteiger partial charge in [0.15, 0.2) is 0 Å². The molecule has 1 aromatic carbocycles. The third-order valence-corrected chi connectivity index (χ3v) is 2.85. The molecule has 0 aliphatic rings. The first-order valence-electron chi connectivity index (χ1n) is 6.84. The molecular formula is C15H21N3O4. The van der Waals surface area contributed by atoms with Crippen LogP contribution in [0.2, 0.25) is 0 Å². The summed E-state index contributed by atoms with van der Waals surface area (Å²) in [7, 11) is 4.81. The van der Waals surface area contributed by atoms with Crippen molar-refractivity contribution in [1.82, 2.24) is 9.80 Å². The van der Waals surface area contributed by atoms with Crippen LogP contribution in [0.4, 0.5) is 10.5 Å². The fourth-order valence-corrected chi connectivity index (χ4v) is 1.65. The molecule has 22 heavy (non-hydrogen) atoms. The molecule has 120 valence electrons. The van der Waals surface area contributed by atoms with Crippen LogP contribution in [0.5, 0.6) is 0 Å². The maximum Gasteiger partial charge on any atom is 0.411 e. The number of rotatable bonds is 5. The molecule has 0 aromatic heterocycles. The third kappa shape index (κ3) is 5.08. The smallest absolute Gasteiger partial charge is 0.411 e. The summed E-state index contributed by atoms with van der Waals surface area (Å²) in [5, 5.41) is 2.53. The Balaban J connectivity index is 2.77. The van der Waals surface area contributed by atoms with Gasteiger partial charge in [-0.15, -0.1) is 0 Å². The van der Waals surface area contributed by atoms with Crippen LogP contribution in [0, 0.1) is 0 Å². The van der Waals surface area contributed by atoms with Crippen LogP contribution in [0.3, 0.4) is 0 Å². The largest absolute Gasteiger partial charge is 0.450 e. The lowest BCUT2D eigenvalue weighted by atomic mass is 10.1. The number of amides is 3. The Morgan fingerprint density at radius 2 is 1.86 bits per heavy atom. The van der Waals surface area contributed by atoms with Crippen molar-refractivity contribution in [2.24, 2.45) is 0 Å². The summed E-state index contributed by atoms with van der Waals surface area (Å²) in [6.45, 7) is 1.96. The van der Waals surface area contributed by atoms with Crippen LogP contribution >= 0.6 is 0 Å². The summed E-state index contributed by atoms with van der Waals surface area (Å²) in [5.74, 6) is -0.473. The first-order chi connectivity index (χ1) is 10.3. The summed E-state index contributed by atoms with van der Waals surface area (Å²) in [4.78, 5) is 38.0. The maximum absolute atomic E-state index is 12.3. The first kappa shape index (κ1) is 17.5. The van der Waals surface area contributed by atoms with Crippen molar-refractivity contribution in [3.63, 3.8) is 0 Å². The molecule has 0 saturated heterocycles. The Morgan fingerprint density at radius 3 is 2.45 bits per heavy atom. The van der Waals surface area contributed by atoms with E-state index in [0.29, 0.717) is 11.3 Å². The Bertz CT molecular complexity index is 557. The highest BCUT2D eigenvalue weighted by Crippen LogP contribution is 2.12. The molecule has 0 unspecified atom stereocenters. The number of nitrogens with zero attached hydrogens (tertiary/aromatic N) is 2. The minimum absolute atomic E-state index is 0.0125. The molecule has 0 fully saturated rings. The molecule has 0 aliphatic carbocycles. The number of likely N-dealkylation sites (N-methyl/N-ethyl adjacent to an activating group) is 2. The minimum Gasteiger partial charge on any atom is -0.450 e. The Kier molecular flexibility index (Phi) is 6.37. The monoisotopic (exact) mass is 307 g/mol. The van der Waals surface area contributed by atoms with Gasteiger partial charge in [-0.3, -0.25) is 14.9 Å². The van der Waals surface area contributed by atoms with E-state index in [2.05, 4.69) is 5.32 Å². The molecule has 0 aliphatic heterocycles. The number of benzene rings is 1. The number of ether oxygens (including phenoxy) is 1. The highest BCUT2D eigenvalue weighted by Gasteiger charge is 2.16. The van der Waals surface area contributed by atoms with Crippen molar-refractivity contribution < 1.29 is 19.1 Å². The number of nitrogens with one attached hydrogen (secondary N) is 1. The second-order valence-corrected chi connectivity index (χ2v) is 4.88. The van der Waals surface area contributed by atoms with E-state index >= 15 is 0 Å². The number of carbonyl (C=O) groups is 3. The van der Waals surface area contributed by atoms with Gasteiger partial charge in [0, 0.05) is 32.4 Å². The van der Waals surface area contributed by atoms with Gasteiger partial charge >= 0.3 is 6.09 Å². The van der Waals surface area contributed by atoms with Gasteiger partial charge in [-0.1, -0.05) is 6.07 Å². The van der Waals surface area contributed by atoms with E-state index in [1.165, 1.54) is 15.9 Å². The summed E-state index contributed by atoms with van der Waals surface area (Å²) in [6.07, 6.45) is -0.580. The quantitative estimate of drug-likeness (QED) is 0.892. The Morgan fingerprint density at radius 1 is 1.18 bits per heavy atom. The summed E-state index contributed by atoms with van der Waals surface area (Å²) in [5.41, 5.74) is 0.833. The van der Waals surface area contributed by atoms with Gasteiger partial charge in [0.05, 0.1) is 13.2 Å². The molecule has 0 bridgehead atoms. The molecule has 1 aromatic rings. The van der Waals surface area contributed by atoms with Gasteiger partial charge in [-0.25, -0.2) is 4.79 Å². The van der Waals surface area contributed by atoms with Crippen molar-refractivity contribution in [3.05, 3.63) is 29.8 Å². The van der Waals surface area contributed by atoms with E-state index in [1.807, 2.05) is 0 Å². The zero-order chi connectivity index (χ0) is 16.7.